The van der Waals surface area contributed by atoms with Gasteiger partial charge in [-0.05, 0) is 37.6 Å². The monoisotopic (exact) mass is 233 g/mol. The summed E-state index contributed by atoms with van der Waals surface area (Å²) in [5, 5.41) is 3.56. The highest BCUT2D eigenvalue weighted by Crippen LogP contribution is 2.13. The Bertz CT molecular complexity index is 143. The van der Waals surface area contributed by atoms with Gasteiger partial charge in [0.15, 0.2) is 0 Å². The van der Waals surface area contributed by atoms with E-state index >= 15 is 0 Å². The van der Waals surface area contributed by atoms with E-state index in [-0.39, 0.29) is 0 Å². The molecular formula is C12H24ClNO. The van der Waals surface area contributed by atoms with Crippen LogP contribution in [0.15, 0.2) is 0 Å². The Labute approximate surface area is 98.7 Å². The van der Waals surface area contributed by atoms with E-state index in [9.17, 15) is 0 Å². The third-order valence-corrected chi connectivity index (χ3v) is 3.32. The summed E-state index contributed by atoms with van der Waals surface area (Å²) in [5.74, 6) is 2.29. The quantitative estimate of drug-likeness (QED) is 0.651. The third-order valence-electron chi connectivity index (χ3n) is 3.10. The average molecular weight is 234 g/mol. The number of alkyl halides is 1. The largest absolute Gasteiger partial charge is 0.381 e. The maximum atomic E-state index is 5.79. The zero-order valence-corrected chi connectivity index (χ0v) is 10.6. The molecule has 1 fully saturated rings. The Morgan fingerprint density at radius 3 is 2.93 bits per heavy atom. The normalized spacial score (nSPS) is 23.2. The minimum absolute atomic E-state index is 0.739. The highest BCUT2D eigenvalue weighted by Gasteiger charge is 2.15. The van der Waals surface area contributed by atoms with Crippen molar-refractivity contribution in [3.8, 4) is 0 Å². The smallest absolute Gasteiger partial charge is 0.0507 e. The summed E-state index contributed by atoms with van der Waals surface area (Å²) in [6.07, 6.45) is 4.92. The molecule has 1 rings (SSSR count). The van der Waals surface area contributed by atoms with E-state index in [0.29, 0.717) is 0 Å². The van der Waals surface area contributed by atoms with E-state index in [1.165, 1.54) is 19.3 Å². The van der Waals surface area contributed by atoms with E-state index in [0.717, 1.165) is 50.4 Å². The number of hydrogen-bond donors (Lipinski definition) is 1. The van der Waals surface area contributed by atoms with Gasteiger partial charge in [-0.25, -0.2) is 0 Å². The molecule has 1 saturated heterocycles. The van der Waals surface area contributed by atoms with Crippen molar-refractivity contribution < 1.29 is 4.74 Å². The fraction of sp³-hybridized carbons (Fsp3) is 1.00. The van der Waals surface area contributed by atoms with Crippen LogP contribution in [0.3, 0.4) is 0 Å². The van der Waals surface area contributed by atoms with Gasteiger partial charge in [0.05, 0.1) is 6.61 Å². The second kappa shape index (κ2) is 8.37. The lowest BCUT2D eigenvalue weighted by atomic mass is 10.0. The van der Waals surface area contributed by atoms with Crippen molar-refractivity contribution >= 4 is 11.6 Å². The predicted molar refractivity (Wildman–Crippen MR) is 65.5 cm³/mol. The van der Waals surface area contributed by atoms with Crippen LogP contribution < -0.4 is 5.32 Å². The van der Waals surface area contributed by atoms with Crippen LogP contribution in [0.25, 0.3) is 0 Å². The molecule has 0 spiro atoms. The van der Waals surface area contributed by atoms with Crippen molar-refractivity contribution in [1.29, 1.82) is 0 Å². The minimum atomic E-state index is 0.739. The summed E-state index contributed by atoms with van der Waals surface area (Å²) in [6.45, 7) is 6.37. The van der Waals surface area contributed by atoms with Crippen LogP contribution in [0, 0.1) is 11.8 Å². The standard InChI is InChI=1S/C12H24ClNO/c1-2-3-11(4-6-13)8-14-9-12-5-7-15-10-12/h11-12,14H,2-10H2,1H3. The van der Waals surface area contributed by atoms with Gasteiger partial charge in [0, 0.05) is 19.0 Å². The van der Waals surface area contributed by atoms with Crippen molar-refractivity contribution in [2.24, 2.45) is 11.8 Å². The molecule has 2 unspecified atom stereocenters. The second-order valence-corrected chi connectivity index (χ2v) is 4.90. The highest BCUT2D eigenvalue weighted by atomic mass is 35.5. The molecule has 1 N–H and O–H groups in total. The molecule has 0 aromatic rings. The van der Waals surface area contributed by atoms with Gasteiger partial charge in [0.25, 0.3) is 0 Å². The van der Waals surface area contributed by atoms with Gasteiger partial charge in [-0.2, -0.15) is 0 Å². The molecule has 1 heterocycles. The van der Waals surface area contributed by atoms with Crippen LogP contribution >= 0.6 is 11.6 Å². The van der Waals surface area contributed by atoms with Crippen LogP contribution in [0.2, 0.25) is 0 Å². The van der Waals surface area contributed by atoms with Crippen LogP contribution in [-0.4, -0.2) is 32.2 Å². The number of hydrogen-bond acceptors (Lipinski definition) is 2. The number of rotatable bonds is 8. The molecule has 15 heavy (non-hydrogen) atoms. The topological polar surface area (TPSA) is 21.3 Å². The van der Waals surface area contributed by atoms with Gasteiger partial charge >= 0.3 is 0 Å². The summed E-state index contributed by atoms with van der Waals surface area (Å²) in [7, 11) is 0. The summed E-state index contributed by atoms with van der Waals surface area (Å²) >= 11 is 5.79. The Kier molecular flexibility index (Phi) is 7.41. The lowest BCUT2D eigenvalue weighted by molar-refractivity contribution is 0.185. The predicted octanol–water partition coefficient (Wildman–Crippen LogP) is 2.66. The van der Waals surface area contributed by atoms with E-state index in [4.69, 9.17) is 16.3 Å². The van der Waals surface area contributed by atoms with Crippen LogP contribution in [0.4, 0.5) is 0 Å². The molecule has 1 aliphatic heterocycles. The van der Waals surface area contributed by atoms with Crippen LogP contribution in [0.1, 0.15) is 32.6 Å². The van der Waals surface area contributed by atoms with Gasteiger partial charge in [-0.1, -0.05) is 13.3 Å². The third kappa shape index (κ3) is 5.74. The maximum absolute atomic E-state index is 5.79. The molecule has 2 nitrogen and oxygen atoms in total. The molecular weight excluding hydrogens is 210 g/mol. The Morgan fingerprint density at radius 1 is 1.47 bits per heavy atom. The zero-order chi connectivity index (χ0) is 10.9. The molecule has 0 aromatic carbocycles. The van der Waals surface area contributed by atoms with E-state index in [1.807, 2.05) is 0 Å². The van der Waals surface area contributed by atoms with Crippen molar-refractivity contribution in [3.05, 3.63) is 0 Å². The minimum Gasteiger partial charge on any atom is -0.381 e. The number of halogens is 1. The first-order valence-corrected chi connectivity index (χ1v) is 6.74. The van der Waals surface area contributed by atoms with Crippen LogP contribution in [-0.2, 0) is 4.74 Å². The Balaban J connectivity index is 2.04. The van der Waals surface area contributed by atoms with E-state index < -0.39 is 0 Å². The molecule has 3 heteroatoms. The van der Waals surface area contributed by atoms with Crippen molar-refractivity contribution in [3.63, 3.8) is 0 Å². The van der Waals surface area contributed by atoms with E-state index in [1.54, 1.807) is 0 Å². The lowest BCUT2D eigenvalue weighted by Crippen LogP contribution is -2.28. The fourth-order valence-electron chi connectivity index (χ4n) is 2.15. The summed E-state index contributed by atoms with van der Waals surface area (Å²) < 4.78 is 5.35. The van der Waals surface area contributed by atoms with Crippen molar-refractivity contribution in [2.45, 2.75) is 32.6 Å². The SMILES string of the molecule is CCCC(CCCl)CNCC1CCOC1. The molecule has 0 saturated carbocycles. The Morgan fingerprint density at radius 2 is 2.33 bits per heavy atom. The lowest BCUT2D eigenvalue weighted by Gasteiger charge is -2.17. The fourth-order valence-corrected chi connectivity index (χ4v) is 2.46. The Hall–Kier alpha value is 0.210. The molecule has 0 amide bonds. The van der Waals surface area contributed by atoms with Gasteiger partial charge in [-0.15, -0.1) is 11.6 Å². The maximum Gasteiger partial charge on any atom is 0.0507 e. The first-order chi connectivity index (χ1) is 7.36. The van der Waals surface area contributed by atoms with Gasteiger partial charge < -0.3 is 10.1 Å². The van der Waals surface area contributed by atoms with Gasteiger partial charge in [0.1, 0.15) is 0 Å². The van der Waals surface area contributed by atoms with Gasteiger partial charge in [-0.3, -0.25) is 0 Å². The average Bonchev–Trinajstić information content (AvgIpc) is 2.71. The zero-order valence-electron chi connectivity index (χ0n) is 9.80. The molecule has 0 aromatic heterocycles. The first-order valence-electron chi connectivity index (χ1n) is 6.21. The van der Waals surface area contributed by atoms with Crippen LogP contribution in [0.5, 0.6) is 0 Å². The highest BCUT2D eigenvalue weighted by molar-refractivity contribution is 6.17. The molecule has 0 radical (unpaired) electrons. The van der Waals surface area contributed by atoms with Crippen molar-refractivity contribution in [2.75, 3.05) is 32.2 Å². The summed E-state index contributed by atoms with van der Waals surface area (Å²) in [6, 6.07) is 0. The van der Waals surface area contributed by atoms with E-state index in [2.05, 4.69) is 12.2 Å². The second-order valence-electron chi connectivity index (χ2n) is 4.52. The first kappa shape index (κ1) is 13.3. The number of nitrogens with one attached hydrogen (secondary N) is 1. The molecule has 90 valence electrons. The molecule has 0 bridgehead atoms. The molecule has 1 aliphatic rings. The summed E-state index contributed by atoms with van der Waals surface area (Å²) in [5.41, 5.74) is 0. The van der Waals surface area contributed by atoms with Crippen molar-refractivity contribution in [1.82, 2.24) is 5.32 Å². The molecule has 0 aliphatic carbocycles. The molecule has 2 atom stereocenters. The van der Waals surface area contributed by atoms with Gasteiger partial charge in [0.2, 0.25) is 0 Å². The summed E-state index contributed by atoms with van der Waals surface area (Å²) in [4.78, 5) is 0. The number of ether oxygens (including phenoxy) is 1.